The summed E-state index contributed by atoms with van der Waals surface area (Å²) in [5.74, 6) is 0.187. The van der Waals surface area contributed by atoms with Gasteiger partial charge in [0.25, 0.3) is 11.6 Å². The molecule has 160 valence electrons. The molecule has 2 heterocycles. The van der Waals surface area contributed by atoms with E-state index in [9.17, 15) is 14.9 Å². The number of amides is 1. The minimum Gasteiger partial charge on any atom is -0.322 e. The molecular formula is C24H16N6O3. The first-order valence-corrected chi connectivity index (χ1v) is 10.0. The third kappa shape index (κ3) is 4.02. The summed E-state index contributed by atoms with van der Waals surface area (Å²) in [7, 11) is 0. The summed E-state index contributed by atoms with van der Waals surface area (Å²) >= 11 is 0. The van der Waals surface area contributed by atoms with Gasteiger partial charge >= 0.3 is 0 Å². The van der Waals surface area contributed by atoms with Crippen LogP contribution in [0.5, 0.6) is 0 Å². The van der Waals surface area contributed by atoms with Gasteiger partial charge in [-0.2, -0.15) is 9.61 Å². The lowest BCUT2D eigenvalue weighted by Gasteiger charge is -2.08. The molecule has 0 aliphatic heterocycles. The molecule has 9 heteroatoms. The zero-order valence-corrected chi connectivity index (χ0v) is 17.1. The van der Waals surface area contributed by atoms with Gasteiger partial charge in [0.2, 0.25) is 0 Å². The smallest absolute Gasteiger partial charge is 0.270 e. The van der Waals surface area contributed by atoms with E-state index >= 15 is 0 Å². The molecule has 0 bridgehead atoms. The number of nitrogens with one attached hydrogen (secondary N) is 1. The van der Waals surface area contributed by atoms with Crippen molar-refractivity contribution in [1.29, 1.82) is 0 Å². The Hall–Kier alpha value is -4.92. The number of rotatable bonds is 5. The van der Waals surface area contributed by atoms with E-state index in [4.69, 9.17) is 5.10 Å². The highest BCUT2D eigenvalue weighted by molar-refractivity contribution is 6.04. The van der Waals surface area contributed by atoms with E-state index in [1.54, 1.807) is 22.7 Å². The number of aromatic nitrogens is 4. The molecule has 0 fully saturated rings. The summed E-state index contributed by atoms with van der Waals surface area (Å²) in [4.78, 5) is 23.1. The van der Waals surface area contributed by atoms with E-state index < -0.39 is 10.8 Å². The summed E-state index contributed by atoms with van der Waals surface area (Å²) in [6.45, 7) is 0. The van der Waals surface area contributed by atoms with E-state index in [0.29, 0.717) is 22.9 Å². The standard InChI is InChI=1S/C24H16N6O3/c31-24(18-9-5-11-20(15-18)30(32)33)25-19-10-4-8-17(14-19)21-12-13-22-26-27-23(29(22)28-21)16-6-2-1-3-7-16/h1-15H,(H,25,31). The fourth-order valence-corrected chi connectivity index (χ4v) is 3.43. The number of fused-ring (bicyclic) bond motifs is 1. The van der Waals surface area contributed by atoms with Crippen LogP contribution in [0.1, 0.15) is 10.4 Å². The van der Waals surface area contributed by atoms with Crippen LogP contribution in [0, 0.1) is 10.1 Å². The Morgan fingerprint density at radius 3 is 2.45 bits per heavy atom. The molecule has 0 spiro atoms. The van der Waals surface area contributed by atoms with Crippen LogP contribution in [-0.4, -0.2) is 30.6 Å². The molecule has 3 aromatic carbocycles. The molecule has 0 aliphatic carbocycles. The number of anilines is 1. The molecule has 1 amide bonds. The molecule has 1 N–H and O–H groups in total. The van der Waals surface area contributed by atoms with Crippen molar-refractivity contribution in [3.63, 3.8) is 0 Å². The Bertz CT molecular complexity index is 1500. The molecule has 0 radical (unpaired) electrons. The van der Waals surface area contributed by atoms with Crippen LogP contribution in [-0.2, 0) is 0 Å². The lowest BCUT2D eigenvalue weighted by Crippen LogP contribution is -2.12. The first-order valence-electron chi connectivity index (χ1n) is 10.0. The quantitative estimate of drug-likeness (QED) is 0.318. The maximum Gasteiger partial charge on any atom is 0.270 e. The molecule has 0 saturated heterocycles. The van der Waals surface area contributed by atoms with Crippen LogP contribution in [0.4, 0.5) is 11.4 Å². The van der Waals surface area contributed by atoms with Crippen LogP contribution < -0.4 is 5.32 Å². The average Bonchev–Trinajstić information content (AvgIpc) is 3.28. The van der Waals surface area contributed by atoms with E-state index in [0.717, 1.165) is 11.1 Å². The largest absolute Gasteiger partial charge is 0.322 e. The SMILES string of the molecule is O=C(Nc1cccc(-c2ccc3nnc(-c4ccccc4)n3n2)c1)c1cccc([N+](=O)[O-])c1. The Kier molecular flexibility index (Phi) is 5.04. The molecule has 0 unspecified atom stereocenters. The molecule has 0 atom stereocenters. The number of benzene rings is 3. The van der Waals surface area contributed by atoms with Gasteiger partial charge in [-0.15, -0.1) is 10.2 Å². The molecule has 2 aromatic heterocycles. The third-order valence-corrected chi connectivity index (χ3v) is 5.03. The van der Waals surface area contributed by atoms with Crippen LogP contribution in [0.15, 0.2) is 91.0 Å². The molecule has 0 saturated carbocycles. The predicted octanol–water partition coefficient (Wildman–Crippen LogP) is 4.62. The van der Waals surface area contributed by atoms with Gasteiger partial charge in [0.05, 0.1) is 10.6 Å². The minimum absolute atomic E-state index is 0.142. The van der Waals surface area contributed by atoms with E-state index in [2.05, 4.69) is 15.5 Å². The van der Waals surface area contributed by atoms with Gasteiger partial charge in [-0.25, -0.2) is 0 Å². The van der Waals surface area contributed by atoms with Gasteiger partial charge in [0, 0.05) is 34.5 Å². The number of carbonyl (C=O) groups excluding carboxylic acids is 1. The molecule has 9 nitrogen and oxygen atoms in total. The summed E-state index contributed by atoms with van der Waals surface area (Å²) in [5, 5.41) is 26.9. The predicted molar refractivity (Wildman–Crippen MR) is 123 cm³/mol. The lowest BCUT2D eigenvalue weighted by atomic mass is 10.1. The van der Waals surface area contributed by atoms with Gasteiger partial charge in [0.1, 0.15) is 0 Å². The highest BCUT2D eigenvalue weighted by Gasteiger charge is 2.13. The summed E-state index contributed by atoms with van der Waals surface area (Å²) in [5.41, 5.74) is 3.56. The van der Waals surface area contributed by atoms with Crippen molar-refractivity contribution in [3.05, 3.63) is 107 Å². The molecule has 5 aromatic rings. The topological polar surface area (TPSA) is 115 Å². The zero-order valence-electron chi connectivity index (χ0n) is 17.1. The van der Waals surface area contributed by atoms with Crippen molar-refractivity contribution in [2.75, 3.05) is 5.32 Å². The highest BCUT2D eigenvalue weighted by atomic mass is 16.6. The van der Waals surface area contributed by atoms with Crippen LogP contribution >= 0.6 is 0 Å². The second-order valence-electron chi connectivity index (χ2n) is 7.22. The Morgan fingerprint density at radius 1 is 0.848 bits per heavy atom. The number of hydrogen-bond acceptors (Lipinski definition) is 6. The zero-order chi connectivity index (χ0) is 22.8. The first kappa shape index (κ1) is 20.0. The highest BCUT2D eigenvalue weighted by Crippen LogP contribution is 2.24. The second-order valence-corrected chi connectivity index (χ2v) is 7.22. The Morgan fingerprint density at radius 2 is 1.64 bits per heavy atom. The summed E-state index contributed by atoms with van der Waals surface area (Å²) in [6.07, 6.45) is 0. The Labute approximate surface area is 187 Å². The molecule has 0 aliphatic rings. The maximum atomic E-state index is 12.6. The number of hydrogen-bond donors (Lipinski definition) is 1. The van der Waals surface area contributed by atoms with Gasteiger partial charge in [-0.1, -0.05) is 48.5 Å². The number of nitrogens with zero attached hydrogens (tertiary/aromatic N) is 5. The maximum absolute atomic E-state index is 12.6. The van der Waals surface area contributed by atoms with E-state index in [-0.39, 0.29) is 11.3 Å². The summed E-state index contributed by atoms with van der Waals surface area (Å²) < 4.78 is 1.68. The Balaban J connectivity index is 1.45. The van der Waals surface area contributed by atoms with E-state index in [1.165, 1.54) is 24.3 Å². The van der Waals surface area contributed by atoms with Crippen LogP contribution in [0.3, 0.4) is 0 Å². The fraction of sp³-hybridized carbons (Fsp3) is 0. The number of non-ortho nitro benzene ring substituents is 1. The van der Waals surface area contributed by atoms with Crippen molar-refractivity contribution in [2.24, 2.45) is 0 Å². The van der Waals surface area contributed by atoms with Crippen molar-refractivity contribution >= 4 is 22.9 Å². The molecule has 5 rings (SSSR count). The van der Waals surface area contributed by atoms with Gasteiger partial charge < -0.3 is 5.32 Å². The van der Waals surface area contributed by atoms with Gasteiger partial charge in [-0.05, 0) is 30.3 Å². The van der Waals surface area contributed by atoms with Crippen molar-refractivity contribution in [2.45, 2.75) is 0 Å². The number of nitro groups is 1. The fourth-order valence-electron chi connectivity index (χ4n) is 3.43. The monoisotopic (exact) mass is 436 g/mol. The molecule has 33 heavy (non-hydrogen) atoms. The van der Waals surface area contributed by atoms with Crippen LogP contribution in [0.2, 0.25) is 0 Å². The lowest BCUT2D eigenvalue weighted by molar-refractivity contribution is -0.384. The third-order valence-electron chi connectivity index (χ3n) is 5.03. The molecular weight excluding hydrogens is 420 g/mol. The van der Waals surface area contributed by atoms with Crippen molar-refractivity contribution in [1.82, 2.24) is 19.8 Å². The van der Waals surface area contributed by atoms with E-state index in [1.807, 2.05) is 48.5 Å². The number of carbonyl (C=O) groups is 1. The summed E-state index contributed by atoms with van der Waals surface area (Å²) in [6, 6.07) is 26.1. The van der Waals surface area contributed by atoms with Gasteiger partial charge in [0.15, 0.2) is 11.5 Å². The second kappa shape index (κ2) is 8.31. The van der Waals surface area contributed by atoms with Crippen molar-refractivity contribution in [3.8, 4) is 22.6 Å². The first-order chi connectivity index (χ1) is 16.1. The van der Waals surface area contributed by atoms with Crippen LogP contribution in [0.25, 0.3) is 28.3 Å². The van der Waals surface area contributed by atoms with Gasteiger partial charge in [-0.3, -0.25) is 14.9 Å². The normalized spacial score (nSPS) is 10.8. The number of nitro benzene ring substituents is 1. The van der Waals surface area contributed by atoms with Crippen molar-refractivity contribution < 1.29 is 9.72 Å². The average molecular weight is 436 g/mol. The minimum atomic E-state index is -0.534.